The molecule has 1 rings (SSSR count). The van der Waals surface area contributed by atoms with Gasteiger partial charge >= 0.3 is 0 Å². The number of pyridine rings is 1. The molecule has 1 aromatic heterocycles. The van der Waals surface area contributed by atoms with Crippen LogP contribution in [0, 0.1) is 6.92 Å². The molecule has 0 spiro atoms. The van der Waals surface area contributed by atoms with Crippen LogP contribution in [-0.2, 0) is 0 Å². The second-order valence-electron chi connectivity index (χ2n) is 4.18. The number of hydrogen-bond acceptors (Lipinski definition) is 3. The molecule has 1 aromatic rings. The molecule has 0 saturated heterocycles. The van der Waals surface area contributed by atoms with E-state index in [1.807, 2.05) is 13.8 Å². The molecular weight excluding hydrogens is 214 g/mol. The van der Waals surface area contributed by atoms with E-state index in [9.17, 15) is 4.79 Å². The first-order valence-corrected chi connectivity index (χ1v) is 5.61. The standard InChI is InChI=1S/C13H19N3O/c1-5-16(8-9(2)3)13(17)12-6-11(14)7-15-10(12)4/h6-7H,2,5,8,14H2,1,3-4H3. The lowest BCUT2D eigenvalue weighted by atomic mass is 10.1. The van der Waals surface area contributed by atoms with Gasteiger partial charge in [-0.3, -0.25) is 9.78 Å². The smallest absolute Gasteiger partial charge is 0.256 e. The normalized spacial score (nSPS) is 10.1. The molecule has 1 amide bonds. The van der Waals surface area contributed by atoms with Crippen LogP contribution in [-0.4, -0.2) is 28.9 Å². The fourth-order valence-electron chi connectivity index (χ4n) is 1.59. The summed E-state index contributed by atoms with van der Waals surface area (Å²) >= 11 is 0. The van der Waals surface area contributed by atoms with Gasteiger partial charge in [-0.15, -0.1) is 0 Å². The predicted molar refractivity (Wildman–Crippen MR) is 69.8 cm³/mol. The first kappa shape index (κ1) is 13.2. The van der Waals surface area contributed by atoms with Gasteiger partial charge in [0.15, 0.2) is 0 Å². The van der Waals surface area contributed by atoms with E-state index in [0.717, 1.165) is 5.57 Å². The first-order valence-electron chi connectivity index (χ1n) is 5.61. The SMILES string of the molecule is C=C(C)CN(CC)C(=O)c1cc(N)cnc1C. The molecule has 0 atom stereocenters. The van der Waals surface area contributed by atoms with E-state index in [1.165, 1.54) is 0 Å². The van der Waals surface area contributed by atoms with Gasteiger partial charge in [-0.25, -0.2) is 0 Å². The number of nitrogens with two attached hydrogens (primary N) is 1. The van der Waals surface area contributed by atoms with Crippen LogP contribution in [0.1, 0.15) is 29.9 Å². The fourth-order valence-corrected chi connectivity index (χ4v) is 1.59. The molecule has 17 heavy (non-hydrogen) atoms. The molecule has 1 heterocycles. The largest absolute Gasteiger partial charge is 0.397 e. The number of anilines is 1. The van der Waals surface area contributed by atoms with E-state index in [1.54, 1.807) is 24.1 Å². The van der Waals surface area contributed by atoms with Gasteiger partial charge in [-0.05, 0) is 26.8 Å². The Balaban J connectivity index is 3.01. The zero-order valence-corrected chi connectivity index (χ0v) is 10.7. The van der Waals surface area contributed by atoms with Crippen molar-refractivity contribution in [2.24, 2.45) is 0 Å². The molecule has 0 aliphatic heterocycles. The van der Waals surface area contributed by atoms with Crippen LogP contribution >= 0.6 is 0 Å². The number of aryl methyl sites for hydroxylation is 1. The predicted octanol–water partition coefficient (Wildman–Crippen LogP) is 2.01. The third-order valence-corrected chi connectivity index (χ3v) is 2.47. The van der Waals surface area contributed by atoms with Gasteiger partial charge in [0, 0.05) is 13.1 Å². The molecule has 4 nitrogen and oxygen atoms in total. The number of nitrogens with zero attached hydrogens (tertiary/aromatic N) is 2. The maximum atomic E-state index is 12.3. The summed E-state index contributed by atoms with van der Waals surface area (Å²) in [6.45, 7) is 10.7. The molecule has 0 aliphatic rings. The summed E-state index contributed by atoms with van der Waals surface area (Å²) in [4.78, 5) is 18.1. The quantitative estimate of drug-likeness (QED) is 0.809. The Morgan fingerprint density at radius 1 is 1.59 bits per heavy atom. The van der Waals surface area contributed by atoms with Crippen LogP contribution in [0.5, 0.6) is 0 Å². The van der Waals surface area contributed by atoms with Crippen molar-refractivity contribution in [2.45, 2.75) is 20.8 Å². The molecule has 0 fully saturated rings. The number of aromatic nitrogens is 1. The lowest BCUT2D eigenvalue weighted by molar-refractivity contribution is 0.0777. The van der Waals surface area contributed by atoms with Gasteiger partial charge in [-0.1, -0.05) is 12.2 Å². The fraction of sp³-hybridized carbons (Fsp3) is 0.385. The summed E-state index contributed by atoms with van der Waals surface area (Å²) in [7, 11) is 0. The van der Waals surface area contributed by atoms with Gasteiger partial charge < -0.3 is 10.6 Å². The molecule has 0 unspecified atom stereocenters. The number of carbonyl (C=O) groups excluding carboxylic acids is 1. The molecule has 0 aliphatic carbocycles. The summed E-state index contributed by atoms with van der Waals surface area (Å²) in [5.74, 6) is -0.0483. The Hall–Kier alpha value is -1.84. The van der Waals surface area contributed by atoms with Crippen molar-refractivity contribution in [1.29, 1.82) is 0 Å². The van der Waals surface area contributed by atoms with E-state index in [4.69, 9.17) is 5.73 Å². The number of rotatable bonds is 4. The van der Waals surface area contributed by atoms with Crippen LogP contribution < -0.4 is 5.73 Å². The summed E-state index contributed by atoms with van der Waals surface area (Å²) in [5, 5.41) is 0. The zero-order chi connectivity index (χ0) is 13.0. The highest BCUT2D eigenvalue weighted by Crippen LogP contribution is 2.13. The number of carbonyl (C=O) groups is 1. The zero-order valence-electron chi connectivity index (χ0n) is 10.7. The lowest BCUT2D eigenvalue weighted by Crippen LogP contribution is -2.32. The monoisotopic (exact) mass is 233 g/mol. The minimum Gasteiger partial charge on any atom is -0.397 e. The Kier molecular flexibility index (Phi) is 4.26. The number of likely N-dealkylation sites (N-methyl/N-ethyl adjacent to an activating group) is 1. The highest BCUT2D eigenvalue weighted by atomic mass is 16.2. The summed E-state index contributed by atoms with van der Waals surface area (Å²) in [5.41, 5.74) is 8.38. The van der Waals surface area contributed by atoms with Crippen molar-refractivity contribution >= 4 is 11.6 Å². The number of hydrogen-bond donors (Lipinski definition) is 1. The average Bonchev–Trinajstić information content (AvgIpc) is 2.28. The van der Waals surface area contributed by atoms with Gasteiger partial charge in [0.2, 0.25) is 0 Å². The minimum absolute atomic E-state index is 0.0483. The van der Waals surface area contributed by atoms with Crippen LogP contribution in [0.4, 0.5) is 5.69 Å². The number of amides is 1. The van der Waals surface area contributed by atoms with Gasteiger partial charge in [0.1, 0.15) is 0 Å². The van der Waals surface area contributed by atoms with Crippen LogP contribution in [0.15, 0.2) is 24.4 Å². The maximum absolute atomic E-state index is 12.3. The molecule has 2 N–H and O–H groups in total. The Labute approximate surface area is 102 Å². The first-order chi connectivity index (χ1) is 7.95. The van der Waals surface area contributed by atoms with E-state index in [-0.39, 0.29) is 5.91 Å². The van der Waals surface area contributed by atoms with Crippen molar-refractivity contribution in [3.05, 3.63) is 35.7 Å². The lowest BCUT2D eigenvalue weighted by Gasteiger charge is -2.21. The third-order valence-electron chi connectivity index (χ3n) is 2.47. The van der Waals surface area contributed by atoms with Crippen molar-refractivity contribution in [3.8, 4) is 0 Å². The van der Waals surface area contributed by atoms with Crippen LogP contribution in [0.3, 0.4) is 0 Å². The summed E-state index contributed by atoms with van der Waals surface area (Å²) in [6.07, 6.45) is 1.56. The van der Waals surface area contributed by atoms with Gasteiger partial charge in [-0.2, -0.15) is 0 Å². The number of nitrogen functional groups attached to an aromatic ring is 1. The highest BCUT2D eigenvalue weighted by molar-refractivity contribution is 5.96. The molecular formula is C13H19N3O. The minimum atomic E-state index is -0.0483. The maximum Gasteiger partial charge on any atom is 0.256 e. The van der Waals surface area contributed by atoms with Crippen molar-refractivity contribution in [2.75, 3.05) is 18.8 Å². The van der Waals surface area contributed by atoms with Crippen molar-refractivity contribution in [3.63, 3.8) is 0 Å². The van der Waals surface area contributed by atoms with Crippen molar-refractivity contribution in [1.82, 2.24) is 9.88 Å². The van der Waals surface area contributed by atoms with E-state index >= 15 is 0 Å². The third kappa shape index (κ3) is 3.31. The van der Waals surface area contributed by atoms with E-state index < -0.39 is 0 Å². The highest BCUT2D eigenvalue weighted by Gasteiger charge is 2.17. The summed E-state index contributed by atoms with van der Waals surface area (Å²) < 4.78 is 0. The van der Waals surface area contributed by atoms with Crippen molar-refractivity contribution < 1.29 is 4.79 Å². The van der Waals surface area contributed by atoms with Gasteiger partial charge in [0.05, 0.1) is 23.1 Å². The Morgan fingerprint density at radius 2 is 2.24 bits per heavy atom. The van der Waals surface area contributed by atoms with E-state index in [0.29, 0.717) is 30.0 Å². The molecule has 0 saturated carbocycles. The molecule has 0 aromatic carbocycles. The molecule has 4 heteroatoms. The molecule has 0 radical (unpaired) electrons. The van der Waals surface area contributed by atoms with Crippen LogP contribution in [0.2, 0.25) is 0 Å². The van der Waals surface area contributed by atoms with E-state index in [2.05, 4.69) is 11.6 Å². The van der Waals surface area contributed by atoms with Gasteiger partial charge in [0.25, 0.3) is 5.91 Å². The molecule has 0 bridgehead atoms. The second kappa shape index (κ2) is 5.48. The average molecular weight is 233 g/mol. The summed E-state index contributed by atoms with van der Waals surface area (Å²) in [6, 6.07) is 1.67. The van der Waals surface area contributed by atoms with Crippen LogP contribution in [0.25, 0.3) is 0 Å². The topological polar surface area (TPSA) is 59.2 Å². The Morgan fingerprint density at radius 3 is 2.76 bits per heavy atom. The molecule has 92 valence electrons. The Bertz CT molecular complexity index is 440. The second-order valence-corrected chi connectivity index (χ2v) is 4.18.